The Morgan fingerprint density at radius 1 is 1.39 bits per heavy atom. The van der Waals surface area contributed by atoms with E-state index in [1.54, 1.807) is 0 Å². The number of hydrogen-bond acceptors (Lipinski definition) is 2. The Morgan fingerprint density at radius 3 is 2.83 bits per heavy atom. The molecule has 0 spiro atoms. The maximum Gasteiger partial charge on any atom is 0.150 e. The molecule has 1 fully saturated rings. The van der Waals surface area contributed by atoms with Gasteiger partial charge in [0.25, 0.3) is 0 Å². The Hall–Kier alpha value is -1.15. The first-order valence-electron chi connectivity index (χ1n) is 6.88. The molecule has 0 aliphatic carbocycles. The molecule has 2 nitrogen and oxygen atoms in total. The number of carbonyl (C=O) groups excluding carboxylic acids is 1. The Labute approximate surface area is 110 Å². The molecule has 18 heavy (non-hydrogen) atoms. The number of benzene rings is 1. The summed E-state index contributed by atoms with van der Waals surface area (Å²) in [6.45, 7) is 9.81. The minimum Gasteiger partial charge on any atom is -0.299 e. The van der Waals surface area contributed by atoms with Gasteiger partial charge in [-0.25, -0.2) is 0 Å². The molecule has 2 heteroatoms. The van der Waals surface area contributed by atoms with Gasteiger partial charge in [0.2, 0.25) is 0 Å². The lowest BCUT2D eigenvalue weighted by Crippen LogP contribution is -2.34. The van der Waals surface area contributed by atoms with Gasteiger partial charge in [-0.1, -0.05) is 18.6 Å². The van der Waals surface area contributed by atoms with Gasteiger partial charge in [0.15, 0.2) is 0 Å². The van der Waals surface area contributed by atoms with E-state index in [1.807, 2.05) is 6.07 Å². The van der Waals surface area contributed by atoms with Gasteiger partial charge in [0.05, 0.1) is 0 Å². The summed E-state index contributed by atoms with van der Waals surface area (Å²) in [6.07, 6.45) is 3.63. The Kier molecular flexibility index (Phi) is 4.18. The van der Waals surface area contributed by atoms with Gasteiger partial charge in [-0.2, -0.15) is 0 Å². The van der Waals surface area contributed by atoms with Gasteiger partial charge in [0, 0.05) is 18.7 Å². The predicted octanol–water partition coefficient (Wildman–Crippen LogP) is 3.35. The summed E-state index contributed by atoms with van der Waals surface area (Å²) in [5.41, 5.74) is 4.48. The molecular weight excluding hydrogens is 222 g/mol. The van der Waals surface area contributed by atoms with Crippen molar-refractivity contribution >= 4 is 6.29 Å². The van der Waals surface area contributed by atoms with Crippen molar-refractivity contribution in [2.75, 3.05) is 13.1 Å². The van der Waals surface area contributed by atoms with E-state index in [4.69, 9.17) is 0 Å². The average molecular weight is 245 g/mol. The summed E-state index contributed by atoms with van der Waals surface area (Å²) in [5.74, 6) is 0.800. The van der Waals surface area contributed by atoms with Crippen molar-refractivity contribution in [3.05, 3.63) is 34.4 Å². The van der Waals surface area contributed by atoms with Crippen molar-refractivity contribution < 1.29 is 4.79 Å². The number of aryl methyl sites for hydroxylation is 1. The lowest BCUT2D eigenvalue weighted by Gasteiger charge is -2.31. The minimum atomic E-state index is 0.800. The van der Waals surface area contributed by atoms with Gasteiger partial charge in [-0.15, -0.1) is 0 Å². The normalized spacial score (nSPS) is 20.9. The van der Waals surface area contributed by atoms with Crippen LogP contribution in [0.2, 0.25) is 0 Å². The third kappa shape index (κ3) is 2.99. The van der Waals surface area contributed by atoms with Crippen LogP contribution in [0, 0.1) is 19.8 Å². The second kappa shape index (κ2) is 5.66. The second-order valence-electron chi connectivity index (χ2n) is 5.74. The van der Waals surface area contributed by atoms with Crippen LogP contribution in [0.4, 0.5) is 0 Å². The van der Waals surface area contributed by atoms with Crippen LogP contribution in [0.5, 0.6) is 0 Å². The van der Waals surface area contributed by atoms with Crippen LogP contribution >= 0.6 is 0 Å². The Morgan fingerprint density at radius 2 is 2.17 bits per heavy atom. The van der Waals surface area contributed by atoms with E-state index in [-0.39, 0.29) is 0 Å². The minimum absolute atomic E-state index is 0.800. The fourth-order valence-electron chi connectivity index (χ4n) is 2.92. The Bertz CT molecular complexity index is 439. The van der Waals surface area contributed by atoms with Crippen LogP contribution in [0.1, 0.15) is 46.8 Å². The topological polar surface area (TPSA) is 20.3 Å². The highest BCUT2D eigenvalue weighted by atomic mass is 16.1. The number of piperidine rings is 1. The zero-order valence-electron chi connectivity index (χ0n) is 11.7. The van der Waals surface area contributed by atoms with Crippen LogP contribution in [-0.2, 0) is 6.54 Å². The highest BCUT2D eigenvalue weighted by Gasteiger charge is 2.17. The van der Waals surface area contributed by atoms with Crippen LogP contribution in [0.25, 0.3) is 0 Å². The molecular formula is C16H23NO. The van der Waals surface area contributed by atoms with Crippen molar-refractivity contribution in [2.24, 2.45) is 5.92 Å². The van der Waals surface area contributed by atoms with Gasteiger partial charge in [-0.3, -0.25) is 9.69 Å². The number of nitrogens with zero attached hydrogens (tertiary/aromatic N) is 1. The molecule has 1 aliphatic heterocycles. The van der Waals surface area contributed by atoms with Crippen LogP contribution in [0.15, 0.2) is 12.1 Å². The third-order valence-corrected chi connectivity index (χ3v) is 3.96. The van der Waals surface area contributed by atoms with E-state index >= 15 is 0 Å². The molecule has 1 aliphatic rings. The molecule has 0 saturated carbocycles. The smallest absolute Gasteiger partial charge is 0.150 e. The number of likely N-dealkylation sites (tertiary alicyclic amines) is 1. The highest BCUT2D eigenvalue weighted by Crippen LogP contribution is 2.21. The molecule has 2 rings (SSSR count). The van der Waals surface area contributed by atoms with Gasteiger partial charge >= 0.3 is 0 Å². The largest absolute Gasteiger partial charge is 0.299 e. The molecule has 1 heterocycles. The van der Waals surface area contributed by atoms with E-state index in [0.717, 1.165) is 29.9 Å². The SMILES string of the molecule is Cc1cc(C=O)c(C)c(CN2CCC[C@@H](C)C2)c1. The summed E-state index contributed by atoms with van der Waals surface area (Å²) in [6, 6.07) is 4.20. The van der Waals surface area contributed by atoms with Crippen molar-refractivity contribution in [2.45, 2.75) is 40.2 Å². The van der Waals surface area contributed by atoms with E-state index in [9.17, 15) is 4.79 Å². The molecule has 98 valence electrons. The van der Waals surface area contributed by atoms with E-state index in [1.165, 1.54) is 37.1 Å². The number of hydrogen-bond donors (Lipinski definition) is 0. The maximum atomic E-state index is 11.1. The average Bonchev–Trinajstić information content (AvgIpc) is 2.33. The summed E-state index contributed by atoms with van der Waals surface area (Å²) in [7, 11) is 0. The zero-order chi connectivity index (χ0) is 13.1. The quantitative estimate of drug-likeness (QED) is 0.761. The first-order valence-corrected chi connectivity index (χ1v) is 6.88. The van der Waals surface area contributed by atoms with Gasteiger partial charge < -0.3 is 0 Å². The standard InChI is InChI=1S/C16H23NO/c1-12-5-4-6-17(9-12)10-15-7-13(2)8-16(11-18)14(15)3/h7-8,11-12H,4-6,9-10H2,1-3H3/t12-/m1/s1. The second-order valence-corrected chi connectivity index (χ2v) is 5.74. The predicted molar refractivity (Wildman–Crippen MR) is 75.0 cm³/mol. The van der Waals surface area contributed by atoms with Crippen molar-refractivity contribution in [1.29, 1.82) is 0 Å². The molecule has 1 aromatic carbocycles. The van der Waals surface area contributed by atoms with E-state index in [2.05, 4.69) is 31.7 Å². The lowest BCUT2D eigenvalue weighted by molar-refractivity contribution is 0.112. The van der Waals surface area contributed by atoms with Gasteiger partial charge in [0.1, 0.15) is 6.29 Å². The summed E-state index contributed by atoms with van der Waals surface area (Å²) in [5, 5.41) is 0. The molecule has 0 aromatic heterocycles. The number of rotatable bonds is 3. The summed E-state index contributed by atoms with van der Waals surface area (Å²) >= 11 is 0. The van der Waals surface area contributed by atoms with Gasteiger partial charge in [-0.05, 0) is 56.3 Å². The van der Waals surface area contributed by atoms with Crippen LogP contribution in [-0.4, -0.2) is 24.3 Å². The summed E-state index contributed by atoms with van der Waals surface area (Å²) in [4.78, 5) is 13.6. The van der Waals surface area contributed by atoms with E-state index < -0.39 is 0 Å². The van der Waals surface area contributed by atoms with E-state index in [0.29, 0.717) is 0 Å². The van der Waals surface area contributed by atoms with Crippen molar-refractivity contribution in [3.8, 4) is 0 Å². The molecule has 0 bridgehead atoms. The number of aldehydes is 1. The fourth-order valence-corrected chi connectivity index (χ4v) is 2.92. The monoisotopic (exact) mass is 245 g/mol. The Balaban J connectivity index is 2.17. The first kappa shape index (κ1) is 13.3. The summed E-state index contributed by atoms with van der Waals surface area (Å²) < 4.78 is 0. The molecule has 1 atom stereocenters. The molecule has 0 amide bonds. The maximum absolute atomic E-state index is 11.1. The fraction of sp³-hybridized carbons (Fsp3) is 0.562. The van der Waals surface area contributed by atoms with Crippen LogP contribution < -0.4 is 0 Å². The lowest BCUT2D eigenvalue weighted by atomic mass is 9.96. The molecule has 1 aromatic rings. The van der Waals surface area contributed by atoms with Crippen LogP contribution in [0.3, 0.4) is 0 Å². The molecule has 0 unspecified atom stereocenters. The number of carbonyl (C=O) groups is 1. The molecule has 1 saturated heterocycles. The molecule has 0 radical (unpaired) electrons. The molecule has 0 N–H and O–H groups in total. The van der Waals surface area contributed by atoms with Crippen molar-refractivity contribution in [3.63, 3.8) is 0 Å². The first-order chi connectivity index (χ1) is 8.60. The highest BCUT2D eigenvalue weighted by molar-refractivity contribution is 5.78. The third-order valence-electron chi connectivity index (χ3n) is 3.96. The zero-order valence-corrected chi connectivity index (χ0v) is 11.7. The van der Waals surface area contributed by atoms with Crippen molar-refractivity contribution in [1.82, 2.24) is 4.90 Å².